The maximum atomic E-state index is 5.68. The van der Waals surface area contributed by atoms with Gasteiger partial charge in [0.25, 0.3) is 0 Å². The summed E-state index contributed by atoms with van der Waals surface area (Å²) in [6, 6.07) is 3.95. The summed E-state index contributed by atoms with van der Waals surface area (Å²) in [5.74, 6) is 0.861. The van der Waals surface area contributed by atoms with Crippen LogP contribution in [-0.2, 0) is 0 Å². The summed E-state index contributed by atoms with van der Waals surface area (Å²) >= 11 is 0. The zero-order valence-corrected chi connectivity index (χ0v) is 6.83. The molecule has 0 bridgehead atoms. The number of hydrogen-bond acceptors (Lipinski definition) is 3. The number of anilines is 1. The van der Waals surface area contributed by atoms with Gasteiger partial charge in [0.15, 0.2) is 0 Å². The number of rotatable bonds is 2. The number of hydrogen-bond donors (Lipinski definition) is 2. The molecule has 1 aromatic rings. The standard InChI is InChI=1S/C8H13N3/c1-6(9)7-3-4-11-8(5-7)10-2/h3-6H,9H2,1-2H3,(H,10,11). The van der Waals surface area contributed by atoms with Crippen LogP contribution < -0.4 is 11.1 Å². The Morgan fingerprint density at radius 3 is 2.91 bits per heavy atom. The van der Waals surface area contributed by atoms with Gasteiger partial charge in [-0.05, 0) is 24.6 Å². The third-order valence-electron chi connectivity index (χ3n) is 1.57. The molecule has 0 radical (unpaired) electrons. The molecule has 1 heterocycles. The largest absolute Gasteiger partial charge is 0.373 e. The van der Waals surface area contributed by atoms with Crippen LogP contribution in [0.2, 0.25) is 0 Å². The van der Waals surface area contributed by atoms with E-state index < -0.39 is 0 Å². The van der Waals surface area contributed by atoms with Gasteiger partial charge >= 0.3 is 0 Å². The maximum Gasteiger partial charge on any atom is 0.125 e. The number of nitrogens with zero attached hydrogens (tertiary/aromatic N) is 1. The predicted octanol–water partition coefficient (Wildman–Crippen LogP) is 1.14. The quantitative estimate of drug-likeness (QED) is 0.666. The fourth-order valence-corrected chi connectivity index (χ4v) is 0.867. The first-order valence-electron chi connectivity index (χ1n) is 3.63. The molecule has 0 aliphatic carbocycles. The fraction of sp³-hybridized carbons (Fsp3) is 0.375. The highest BCUT2D eigenvalue weighted by Gasteiger charge is 1.98. The Bertz CT molecular complexity index is 233. The molecule has 3 N–H and O–H groups in total. The lowest BCUT2D eigenvalue weighted by molar-refractivity contribution is 0.816. The first kappa shape index (κ1) is 8.01. The molecule has 1 aromatic heterocycles. The highest BCUT2D eigenvalue weighted by atomic mass is 14.9. The molecule has 0 saturated carbocycles. The zero-order valence-electron chi connectivity index (χ0n) is 6.83. The van der Waals surface area contributed by atoms with E-state index in [2.05, 4.69) is 10.3 Å². The van der Waals surface area contributed by atoms with Crippen LogP contribution in [0.3, 0.4) is 0 Å². The number of aromatic nitrogens is 1. The van der Waals surface area contributed by atoms with E-state index in [1.165, 1.54) is 0 Å². The average molecular weight is 151 g/mol. The molecule has 0 saturated heterocycles. The smallest absolute Gasteiger partial charge is 0.125 e. The molecule has 0 amide bonds. The zero-order chi connectivity index (χ0) is 8.27. The van der Waals surface area contributed by atoms with Crippen LogP contribution in [0.15, 0.2) is 18.3 Å². The van der Waals surface area contributed by atoms with Crippen molar-refractivity contribution in [2.24, 2.45) is 5.73 Å². The van der Waals surface area contributed by atoms with E-state index in [9.17, 15) is 0 Å². The second-order valence-electron chi connectivity index (χ2n) is 2.51. The second kappa shape index (κ2) is 3.34. The Hall–Kier alpha value is -1.09. The van der Waals surface area contributed by atoms with Crippen LogP contribution in [-0.4, -0.2) is 12.0 Å². The molecule has 0 fully saturated rings. The molecule has 1 atom stereocenters. The topological polar surface area (TPSA) is 50.9 Å². The minimum atomic E-state index is 0.0742. The van der Waals surface area contributed by atoms with Crippen molar-refractivity contribution in [3.8, 4) is 0 Å². The van der Waals surface area contributed by atoms with E-state index in [0.717, 1.165) is 11.4 Å². The van der Waals surface area contributed by atoms with Gasteiger partial charge < -0.3 is 11.1 Å². The lowest BCUT2D eigenvalue weighted by Gasteiger charge is -2.06. The summed E-state index contributed by atoms with van der Waals surface area (Å²) in [4.78, 5) is 4.07. The average Bonchev–Trinajstić information content (AvgIpc) is 2.05. The Morgan fingerprint density at radius 2 is 2.36 bits per heavy atom. The van der Waals surface area contributed by atoms with Crippen LogP contribution >= 0.6 is 0 Å². The SMILES string of the molecule is CNc1cc(C(C)N)ccn1. The molecule has 11 heavy (non-hydrogen) atoms. The van der Waals surface area contributed by atoms with Crippen molar-refractivity contribution in [1.29, 1.82) is 0 Å². The van der Waals surface area contributed by atoms with Gasteiger partial charge in [0.2, 0.25) is 0 Å². The monoisotopic (exact) mass is 151 g/mol. The highest BCUT2D eigenvalue weighted by Crippen LogP contribution is 2.11. The molecule has 0 aromatic carbocycles. The minimum Gasteiger partial charge on any atom is -0.373 e. The lowest BCUT2D eigenvalue weighted by Crippen LogP contribution is -2.05. The third kappa shape index (κ3) is 1.91. The molecule has 3 nitrogen and oxygen atoms in total. The summed E-state index contributed by atoms with van der Waals surface area (Å²) in [6.45, 7) is 1.95. The van der Waals surface area contributed by atoms with Gasteiger partial charge in [-0.3, -0.25) is 0 Å². The van der Waals surface area contributed by atoms with Gasteiger partial charge in [0, 0.05) is 19.3 Å². The number of pyridine rings is 1. The Balaban J connectivity index is 2.91. The minimum absolute atomic E-state index is 0.0742. The van der Waals surface area contributed by atoms with Crippen LogP contribution in [0, 0.1) is 0 Å². The lowest BCUT2D eigenvalue weighted by atomic mass is 10.1. The van der Waals surface area contributed by atoms with Crippen LogP contribution in [0.25, 0.3) is 0 Å². The molecular formula is C8H13N3. The second-order valence-corrected chi connectivity index (χ2v) is 2.51. The van der Waals surface area contributed by atoms with Gasteiger partial charge in [-0.1, -0.05) is 0 Å². The highest BCUT2D eigenvalue weighted by molar-refractivity contribution is 5.37. The Kier molecular flexibility index (Phi) is 2.44. The van der Waals surface area contributed by atoms with Crippen LogP contribution in [0.5, 0.6) is 0 Å². The van der Waals surface area contributed by atoms with Crippen molar-refractivity contribution in [2.75, 3.05) is 12.4 Å². The van der Waals surface area contributed by atoms with Gasteiger partial charge in [0.05, 0.1) is 0 Å². The van der Waals surface area contributed by atoms with Gasteiger partial charge in [-0.2, -0.15) is 0 Å². The molecule has 0 aliphatic rings. The van der Waals surface area contributed by atoms with Crippen molar-refractivity contribution < 1.29 is 0 Å². The van der Waals surface area contributed by atoms with Gasteiger partial charge in [-0.15, -0.1) is 0 Å². The summed E-state index contributed by atoms with van der Waals surface area (Å²) in [7, 11) is 1.84. The van der Waals surface area contributed by atoms with Crippen molar-refractivity contribution in [2.45, 2.75) is 13.0 Å². The van der Waals surface area contributed by atoms with Gasteiger partial charge in [-0.25, -0.2) is 4.98 Å². The van der Waals surface area contributed by atoms with Crippen LogP contribution in [0.1, 0.15) is 18.5 Å². The van der Waals surface area contributed by atoms with Crippen molar-refractivity contribution in [1.82, 2.24) is 4.98 Å². The van der Waals surface area contributed by atoms with E-state index in [0.29, 0.717) is 0 Å². The predicted molar refractivity (Wildman–Crippen MR) is 46.4 cm³/mol. The molecular weight excluding hydrogens is 138 g/mol. The van der Waals surface area contributed by atoms with Crippen molar-refractivity contribution >= 4 is 5.82 Å². The summed E-state index contributed by atoms with van der Waals surface area (Å²) < 4.78 is 0. The van der Waals surface area contributed by atoms with E-state index in [1.54, 1.807) is 6.20 Å². The summed E-state index contributed by atoms with van der Waals surface area (Å²) in [5, 5.41) is 2.96. The molecule has 0 aliphatic heterocycles. The maximum absolute atomic E-state index is 5.68. The first-order valence-corrected chi connectivity index (χ1v) is 3.63. The Labute approximate surface area is 66.6 Å². The third-order valence-corrected chi connectivity index (χ3v) is 1.57. The molecule has 60 valence electrons. The normalized spacial score (nSPS) is 12.6. The first-order chi connectivity index (χ1) is 5.24. The van der Waals surface area contributed by atoms with Crippen molar-refractivity contribution in [3.05, 3.63) is 23.9 Å². The number of nitrogens with two attached hydrogens (primary N) is 1. The molecule has 3 heteroatoms. The van der Waals surface area contributed by atoms with Gasteiger partial charge in [0.1, 0.15) is 5.82 Å². The molecule has 1 rings (SSSR count). The van der Waals surface area contributed by atoms with E-state index in [-0.39, 0.29) is 6.04 Å². The Morgan fingerprint density at radius 1 is 1.64 bits per heavy atom. The van der Waals surface area contributed by atoms with E-state index in [4.69, 9.17) is 5.73 Å². The van der Waals surface area contributed by atoms with Crippen molar-refractivity contribution in [3.63, 3.8) is 0 Å². The van der Waals surface area contributed by atoms with E-state index in [1.807, 2.05) is 26.1 Å². The summed E-state index contributed by atoms with van der Waals surface area (Å²) in [5.41, 5.74) is 6.78. The fourth-order valence-electron chi connectivity index (χ4n) is 0.867. The summed E-state index contributed by atoms with van der Waals surface area (Å²) in [6.07, 6.45) is 1.75. The van der Waals surface area contributed by atoms with Crippen LogP contribution in [0.4, 0.5) is 5.82 Å². The van der Waals surface area contributed by atoms with E-state index >= 15 is 0 Å². The molecule has 1 unspecified atom stereocenters. The molecule has 0 spiro atoms. The number of nitrogens with one attached hydrogen (secondary N) is 1.